The topological polar surface area (TPSA) is 34.1 Å². The normalized spacial score (nSPS) is 11.6. The summed E-state index contributed by atoms with van der Waals surface area (Å²) in [5, 5.41) is 0. The van der Waals surface area contributed by atoms with Crippen LogP contribution in [0, 0.1) is 13.8 Å². The lowest BCUT2D eigenvalue weighted by molar-refractivity contribution is 0.551. The highest BCUT2D eigenvalue weighted by molar-refractivity contribution is 7.86. The van der Waals surface area contributed by atoms with E-state index in [-0.39, 0.29) is 4.90 Å². The van der Waals surface area contributed by atoms with E-state index in [1.807, 2.05) is 0 Å². The van der Waals surface area contributed by atoms with Crippen molar-refractivity contribution in [3.63, 3.8) is 0 Å². The van der Waals surface area contributed by atoms with E-state index in [2.05, 4.69) is 0 Å². The van der Waals surface area contributed by atoms with Crippen LogP contribution in [0.4, 0.5) is 3.89 Å². The van der Waals surface area contributed by atoms with Crippen molar-refractivity contribution in [2.45, 2.75) is 18.7 Å². The highest BCUT2D eigenvalue weighted by Crippen LogP contribution is 2.19. The van der Waals surface area contributed by atoms with E-state index >= 15 is 0 Å². The lowest BCUT2D eigenvalue weighted by atomic mass is 10.1. The summed E-state index contributed by atoms with van der Waals surface area (Å²) in [6.45, 7) is 3.33. The molecule has 0 radical (unpaired) electrons. The number of hydrogen-bond acceptors (Lipinski definition) is 2. The molecule has 0 saturated carbocycles. The zero-order valence-corrected chi connectivity index (χ0v) is 7.65. The van der Waals surface area contributed by atoms with Crippen LogP contribution in [-0.2, 0) is 10.2 Å². The summed E-state index contributed by atoms with van der Waals surface area (Å²) in [4.78, 5) is -0.234. The Bertz CT molecular complexity index is 396. The fraction of sp³-hybridized carbons (Fsp3) is 0.250. The van der Waals surface area contributed by atoms with E-state index in [0.29, 0.717) is 5.56 Å². The second-order valence-corrected chi connectivity index (χ2v) is 3.95. The van der Waals surface area contributed by atoms with Crippen molar-refractivity contribution in [2.24, 2.45) is 0 Å². The fourth-order valence-electron chi connectivity index (χ4n) is 0.988. The molecule has 1 aromatic rings. The maximum Gasteiger partial charge on any atom is 0.332 e. The first-order chi connectivity index (χ1) is 5.43. The molecule has 1 aromatic carbocycles. The number of aryl methyl sites for hydroxylation is 1. The Labute approximate surface area is 71.2 Å². The van der Waals surface area contributed by atoms with Gasteiger partial charge in [-0.25, -0.2) is 0 Å². The van der Waals surface area contributed by atoms with Crippen LogP contribution in [0.5, 0.6) is 0 Å². The van der Waals surface area contributed by atoms with Crippen LogP contribution < -0.4 is 0 Å². The van der Waals surface area contributed by atoms with E-state index in [0.717, 1.165) is 5.56 Å². The summed E-state index contributed by atoms with van der Waals surface area (Å²) in [5.74, 6) is 0. The summed E-state index contributed by atoms with van der Waals surface area (Å²) in [6.07, 6.45) is 0. The maximum atomic E-state index is 12.5. The van der Waals surface area contributed by atoms with Gasteiger partial charge in [-0.15, -0.1) is 3.89 Å². The maximum absolute atomic E-state index is 12.5. The smallest absolute Gasteiger partial charge is 0.189 e. The standard InChI is InChI=1S/C8H9FO2S/c1-6-4-3-5-8(7(6)2)12(9,10)11/h3-5H,1-2H3. The fourth-order valence-corrected chi connectivity index (χ4v) is 1.76. The molecular formula is C8H9FO2S. The Kier molecular flexibility index (Phi) is 2.19. The van der Waals surface area contributed by atoms with Crippen LogP contribution in [0.25, 0.3) is 0 Å². The largest absolute Gasteiger partial charge is 0.332 e. The molecule has 12 heavy (non-hydrogen) atoms. The minimum absolute atomic E-state index is 0.234. The molecule has 0 atom stereocenters. The van der Waals surface area contributed by atoms with Crippen LogP contribution in [0.15, 0.2) is 23.1 Å². The van der Waals surface area contributed by atoms with Gasteiger partial charge in [-0.3, -0.25) is 0 Å². The third-order valence-electron chi connectivity index (χ3n) is 1.82. The molecule has 66 valence electrons. The Morgan fingerprint density at radius 2 is 1.83 bits per heavy atom. The molecule has 0 unspecified atom stereocenters. The van der Waals surface area contributed by atoms with E-state index in [1.54, 1.807) is 19.9 Å². The molecule has 0 aliphatic heterocycles. The number of hydrogen-bond donors (Lipinski definition) is 0. The minimum Gasteiger partial charge on any atom is -0.189 e. The van der Waals surface area contributed by atoms with Crippen molar-refractivity contribution in [1.29, 1.82) is 0 Å². The molecule has 0 aromatic heterocycles. The molecule has 1 rings (SSSR count). The Hall–Kier alpha value is -0.900. The predicted octanol–water partition coefficient (Wildman–Crippen LogP) is 1.96. The van der Waals surface area contributed by atoms with Gasteiger partial charge >= 0.3 is 10.2 Å². The Morgan fingerprint density at radius 3 is 2.25 bits per heavy atom. The first kappa shape index (κ1) is 9.19. The van der Waals surface area contributed by atoms with Gasteiger partial charge in [-0.2, -0.15) is 8.42 Å². The van der Waals surface area contributed by atoms with Crippen molar-refractivity contribution in [3.8, 4) is 0 Å². The molecular weight excluding hydrogens is 179 g/mol. The quantitative estimate of drug-likeness (QED) is 0.631. The molecule has 2 nitrogen and oxygen atoms in total. The van der Waals surface area contributed by atoms with Gasteiger partial charge in [0.1, 0.15) is 4.90 Å². The van der Waals surface area contributed by atoms with Gasteiger partial charge in [0.2, 0.25) is 0 Å². The zero-order valence-electron chi connectivity index (χ0n) is 6.83. The molecule has 4 heteroatoms. The van der Waals surface area contributed by atoms with Gasteiger partial charge in [-0.05, 0) is 31.0 Å². The van der Waals surface area contributed by atoms with Crippen molar-refractivity contribution in [3.05, 3.63) is 29.3 Å². The number of rotatable bonds is 1. The van der Waals surface area contributed by atoms with Crippen molar-refractivity contribution in [1.82, 2.24) is 0 Å². The van der Waals surface area contributed by atoms with E-state index in [4.69, 9.17) is 0 Å². The van der Waals surface area contributed by atoms with Gasteiger partial charge < -0.3 is 0 Å². The molecule has 0 amide bonds. The zero-order chi connectivity index (χ0) is 9.35. The molecule has 0 spiro atoms. The predicted molar refractivity (Wildman–Crippen MR) is 44.2 cm³/mol. The van der Waals surface area contributed by atoms with Crippen LogP contribution in [0.3, 0.4) is 0 Å². The third-order valence-corrected chi connectivity index (χ3v) is 2.79. The van der Waals surface area contributed by atoms with Crippen molar-refractivity contribution in [2.75, 3.05) is 0 Å². The van der Waals surface area contributed by atoms with E-state index < -0.39 is 10.2 Å². The summed E-state index contributed by atoms with van der Waals surface area (Å²) in [7, 11) is -4.56. The van der Waals surface area contributed by atoms with E-state index in [9.17, 15) is 12.3 Å². The van der Waals surface area contributed by atoms with Crippen LogP contribution in [0.2, 0.25) is 0 Å². The Morgan fingerprint density at radius 1 is 1.25 bits per heavy atom. The van der Waals surface area contributed by atoms with Gasteiger partial charge in [0, 0.05) is 0 Å². The second kappa shape index (κ2) is 2.86. The molecule has 0 N–H and O–H groups in total. The monoisotopic (exact) mass is 188 g/mol. The summed E-state index contributed by atoms with van der Waals surface area (Å²) in [5.41, 5.74) is 1.24. The van der Waals surface area contributed by atoms with Gasteiger partial charge in [0.15, 0.2) is 0 Å². The summed E-state index contributed by atoms with van der Waals surface area (Å²) in [6, 6.07) is 4.52. The third kappa shape index (κ3) is 1.64. The summed E-state index contributed by atoms with van der Waals surface area (Å²) >= 11 is 0. The van der Waals surface area contributed by atoms with Crippen molar-refractivity contribution >= 4 is 10.2 Å². The number of benzene rings is 1. The highest BCUT2D eigenvalue weighted by atomic mass is 32.3. The van der Waals surface area contributed by atoms with Gasteiger partial charge in [0.05, 0.1) is 0 Å². The molecule has 0 saturated heterocycles. The lowest BCUT2D eigenvalue weighted by Gasteiger charge is -2.02. The van der Waals surface area contributed by atoms with Crippen LogP contribution >= 0.6 is 0 Å². The SMILES string of the molecule is Cc1cccc(S(=O)(=O)F)c1C. The lowest BCUT2D eigenvalue weighted by Crippen LogP contribution is -1.96. The van der Waals surface area contributed by atoms with Crippen LogP contribution in [-0.4, -0.2) is 8.42 Å². The first-order valence-electron chi connectivity index (χ1n) is 3.44. The molecule has 0 fully saturated rings. The van der Waals surface area contributed by atoms with Gasteiger partial charge in [-0.1, -0.05) is 12.1 Å². The minimum atomic E-state index is -4.56. The summed E-state index contributed by atoms with van der Waals surface area (Å²) < 4.78 is 33.6. The van der Waals surface area contributed by atoms with Crippen molar-refractivity contribution < 1.29 is 12.3 Å². The molecule has 0 aliphatic rings. The first-order valence-corrected chi connectivity index (χ1v) is 4.82. The van der Waals surface area contributed by atoms with E-state index in [1.165, 1.54) is 12.1 Å². The highest BCUT2D eigenvalue weighted by Gasteiger charge is 2.14. The number of halogens is 1. The average Bonchev–Trinajstić information content (AvgIpc) is 1.92. The molecule has 0 bridgehead atoms. The average molecular weight is 188 g/mol. The second-order valence-electron chi connectivity index (χ2n) is 2.64. The van der Waals surface area contributed by atoms with Crippen LogP contribution in [0.1, 0.15) is 11.1 Å². The molecule has 0 aliphatic carbocycles. The van der Waals surface area contributed by atoms with Gasteiger partial charge in [0.25, 0.3) is 0 Å². The Balaban J connectivity index is 3.47. The molecule has 0 heterocycles.